The Balaban J connectivity index is 1.50. The number of thiophene rings is 1. The van der Waals surface area contributed by atoms with Crippen molar-refractivity contribution >= 4 is 49.6 Å². The van der Waals surface area contributed by atoms with Gasteiger partial charge in [0.1, 0.15) is 23.7 Å². The van der Waals surface area contributed by atoms with Gasteiger partial charge in [0.25, 0.3) is 5.56 Å². The van der Waals surface area contributed by atoms with Crippen LogP contribution in [0.1, 0.15) is 12.8 Å². The quantitative estimate of drug-likeness (QED) is 0.414. The molecule has 0 atom stereocenters. The van der Waals surface area contributed by atoms with E-state index < -0.39 is 5.91 Å². The Labute approximate surface area is 203 Å². The van der Waals surface area contributed by atoms with Crippen molar-refractivity contribution in [3.63, 3.8) is 0 Å². The zero-order valence-corrected chi connectivity index (χ0v) is 20.4. The smallest absolute Gasteiger partial charge is 0.294 e. The molecule has 1 aromatic carbocycles. The highest BCUT2D eigenvalue weighted by molar-refractivity contribution is 7.23. The van der Waals surface area contributed by atoms with Crippen LogP contribution in [0.4, 0.5) is 10.8 Å². The second-order valence-electron chi connectivity index (χ2n) is 7.77. The molecule has 0 radical (unpaired) electrons. The molecule has 0 bridgehead atoms. The van der Waals surface area contributed by atoms with Gasteiger partial charge in [0.05, 0.1) is 29.5 Å². The maximum atomic E-state index is 13.3. The first-order chi connectivity index (χ1) is 16.6. The molecule has 5 rings (SSSR count). The van der Waals surface area contributed by atoms with E-state index in [2.05, 4.69) is 20.3 Å². The third-order valence-corrected chi connectivity index (χ3v) is 7.60. The molecule has 3 aromatic heterocycles. The minimum atomic E-state index is -0.399. The van der Waals surface area contributed by atoms with E-state index in [1.54, 1.807) is 25.3 Å². The second kappa shape index (κ2) is 9.43. The molecule has 1 saturated heterocycles. The molecule has 11 heteroatoms. The topological polar surface area (TPSA) is 98.6 Å². The van der Waals surface area contributed by atoms with E-state index in [-0.39, 0.29) is 12.1 Å². The maximum absolute atomic E-state index is 13.3. The van der Waals surface area contributed by atoms with Crippen molar-refractivity contribution in [2.24, 2.45) is 0 Å². The van der Waals surface area contributed by atoms with Crippen LogP contribution in [-0.2, 0) is 11.3 Å². The van der Waals surface area contributed by atoms with Crippen LogP contribution in [0.3, 0.4) is 0 Å². The van der Waals surface area contributed by atoms with Gasteiger partial charge in [0.2, 0.25) is 5.91 Å². The number of aromatic nitrogens is 3. The van der Waals surface area contributed by atoms with E-state index in [1.807, 2.05) is 17.5 Å². The van der Waals surface area contributed by atoms with Crippen molar-refractivity contribution in [1.29, 1.82) is 0 Å². The van der Waals surface area contributed by atoms with Gasteiger partial charge >= 0.3 is 0 Å². The van der Waals surface area contributed by atoms with Crippen molar-refractivity contribution < 1.29 is 14.3 Å². The van der Waals surface area contributed by atoms with Crippen LogP contribution in [-0.4, -0.2) is 48.0 Å². The SMILES string of the molecule is COc1ccc(NC(=O)Cn2nc(-c3cccs3)c3sc(N4CCCC4)nc3c2=O)c(OC)c1. The molecule has 0 spiro atoms. The molecular weight excluding hydrogens is 474 g/mol. The normalized spacial score (nSPS) is 13.4. The fourth-order valence-corrected chi connectivity index (χ4v) is 5.79. The summed E-state index contributed by atoms with van der Waals surface area (Å²) in [5, 5.41) is 10.2. The van der Waals surface area contributed by atoms with E-state index in [0.29, 0.717) is 28.4 Å². The van der Waals surface area contributed by atoms with Crippen LogP contribution in [0.15, 0.2) is 40.5 Å². The molecule has 1 fully saturated rings. The number of ether oxygens (including phenoxy) is 2. The zero-order chi connectivity index (χ0) is 23.7. The van der Waals surface area contributed by atoms with Crippen LogP contribution >= 0.6 is 22.7 Å². The number of rotatable bonds is 7. The third kappa shape index (κ3) is 4.24. The molecule has 1 aliphatic heterocycles. The van der Waals surface area contributed by atoms with Crippen LogP contribution in [0.2, 0.25) is 0 Å². The first kappa shape index (κ1) is 22.4. The molecule has 4 heterocycles. The van der Waals surface area contributed by atoms with Crippen molar-refractivity contribution in [3.8, 4) is 22.1 Å². The summed E-state index contributed by atoms with van der Waals surface area (Å²) >= 11 is 3.02. The van der Waals surface area contributed by atoms with Crippen molar-refractivity contribution in [2.75, 3.05) is 37.5 Å². The number of anilines is 2. The number of hydrogen-bond donors (Lipinski definition) is 1. The minimum absolute atomic E-state index is 0.251. The first-order valence-corrected chi connectivity index (χ1v) is 12.5. The number of fused-ring (bicyclic) bond motifs is 1. The van der Waals surface area contributed by atoms with Gasteiger partial charge in [0, 0.05) is 19.2 Å². The molecule has 176 valence electrons. The molecule has 0 saturated carbocycles. The van der Waals surface area contributed by atoms with E-state index in [9.17, 15) is 9.59 Å². The third-order valence-electron chi connectivity index (χ3n) is 5.60. The van der Waals surface area contributed by atoms with Gasteiger partial charge in [-0.3, -0.25) is 9.59 Å². The second-order valence-corrected chi connectivity index (χ2v) is 9.70. The molecule has 1 amide bonds. The van der Waals surface area contributed by atoms with Gasteiger partial charge in [-0.25, -0.2) is 9.67 Å². The number of amides is 1. The Kier molecular flexibility index (Phi) is 6.20. The van der Waals surface area contributed by atoms with Gasteiger partial charge < -0.3 is 19.7 Å². The standard InChI is InChI=1S/C23H23N5O4S2/c1-31-14-7-8-15(16(12-14)32-2)24-18(29)13-28-22(30)20-21(19(26-28)17-6-5-11-33-17)34-23(25-20)27-9-3-4-10-27/h5-8,11-12H,3-4,9-10,13H2,1-2H3,(H,24,29). The number of nitrogens with zero attached hydrogens (tertiary/aromatic N) is 4. The number of nitrogens with one attached hydrogen (secondary N) is 1. The Morgan fingerprint density at radius 1 is 1.18 bits per heavy atom. The molecule has 0 aliphatic carbocycles. The van der Waals surface area contributed by atoms with Gasteiger partial charge in [-0.05, 0) is 36.4 Å². The highest BCUT2D eigenvalue weighted by Crippen LogP contribution is 2.36. The van der Waals surface area contributed by atoms with Crippen LogP contribution < -0.4 is 25.2 Å². The lowest BCUT2D eigenvalue weighted by atomic mass is 10.2. The summed E-state index contributed by atoms with van der Waals surface area (Å²) in [7, 11) is 3.07. The highest BCUT2D eigenvalue weighted by atomic mass is 32.1. The number of methoxy groups -OCH3 is 2. The van der Waals surface area contributed by atoms with Crippen LogP contribution in [0, 0.1) is 0 Å². The number of benzene rings is 1. The van der Waals surface area contributed by atoms with Gasteiger partial charge in [-0.2, -0.15) is 5.10 Å². The molecule has 0 unspecified atom stereocenters. The lowest BCUT2D eigenvalue weighted by Crippen LogP contribution is -2.30. The Morgan fingerprint density at radius 3 is 2.71 bits per heavy atom. The molecule has 9 nitrogen and oxygen atoms in total. The van der Waals surface area contributed by atoms with Gasteiger partial charge in [-0.15, -0.1) is 11.3 Å². The van der Waals surface area contributed by atoms with Crippen molar-refractivity contribution in [1.82, 2.24) is 14.8 Å². The lowest BCUT2D eigenvalue weighted by Gasteiger charge is -2.12. The highest BCUT2D eigenvalue weighted by Gasteiger charge is 2.23. The monoisotopic (exact) mass is 497 g/mol. The molecule has 1 N–H and O–H groups in total. The number of carbonyl (C=O) groups excluding carboxylic acids is 1. The Hall–Kier alpha value is -3.44. The summed E-state index contributed by atoms with van der Waals surface area (Å²) in [6.45, 7) is 1.61. The van der Waals surface area contributed by atoms with Crippen molar-refractivity contribution in [2.45, 2.75) is 19.4 Å². The Morgan fingerprint density at radius 2 is 2.00 bits per heavy atom. The molecule has 4 aromatic rings. The number of thiazole rings is 1. The van der Waals surface area contributed by atoms with E-state index >= 15 is 0 Å². The first-order valence-electron chi connectivity index (χ1n) is 10.8. The number of hydrogen-bond acceptors (Lipinski definition) is 9. The van der Waals surface area contributed by atoms with Gasteiger partial charge in [0.15, 0.2) is 10.6 Å². The largest absolute Gasteiger partial charge is 0.497 e. The van der Waals surface area contributed by atoms with Gasteiger partial charge in [-0.1, -0.05) is 17.4 Å². The average Bonchev–Trinajstić information content (AvgIpc) is 3.62. The fraction of sp³-hybridized carbons (Fsp3) is 0.304. The lowest BCUT2D eigenvalue weighted by molar-refractivity contribution is -0.117. The average molecular weight is 498 g/mol. The summed E-state index contributed by atoms with van der Waals surface area (Å²) in [4.78, 5) is 34.0. The van der Waals surface area contributed by atoms with Crippen LogP contribution in [0.25, 0.3) is 20.8 Å². The van der Waals surface area contributed by atoms with E-state index in [4.69, 9.17) is 9.47 Å². The number of carbonyl (C=O) groups is 1. The fourth-order valence-electron chi connectivity index (χ4n) is 3.90. The van der Waals surface area contributed by atoms with E-state index in [0.717, 1.165) is 40.6 Å². The summed E-state index contributed by atoms with van der Waals surface area (Å²) in [5.74, 6) is 0.665. The zero-order valence-electron chi connectivity index (χ0n) is 18.7. The maximum Gasteiger partial charge on any atom is 0.294 e. The summed E-state index contributed by atoms with van der Waals surface area (Å²) in [6, 6.07) is 8.98. The summed E-state index contributed by atoms with van der Waals surface area (Å²) in [6.07, 6.45) is 2.23. The minimum Gasteiger partial charge on any atom is -0.497 e. The molecule has 1 aliphatic rings. The summed E-state index contributed by atoms with van der Waals surface area (Å²) in [5.41, 5.74) is 1.11. The molecular formula is C23H23N5O4S2. The summed E-state index contributed by atoms with van der Waals surface area (Å²) < 4.78 is 12.5. The van der Waals surface area contributed by atoms with E-state index in [1.165, 1.54) is 34.5 Å². The predicted molar refractivity (Wildman–Crippen MR) is 135 cm³/mol. The molecule has 34 heavy (non-hydrogen) atoms. The predicted octanol–water partition coefficient (Wildman–Crippen LogP) is 3.84. The van der Waals surface area contributed by atoms with Crippen molar-refractivity contribution in [3.05, 3.63) is 46.1 Å². The van der Waals surface area contributed by atoms with Crippen LogP contribution in [0.5, 0.6) is 11.5 Å². The Bertz CT molecular complexity index is 1390.